The first-order valence-electron chi connectivity index (χ1n) is 4.55. The Morgan fingerprint density at radius 1 is 1.50 bits per heavy atom. The van der Waals surface area contributed by atoms with E-state index in [1.807, 2.05) is 6.92 Å². The summed E-state index contributed by atoms with van der Waals surface area (Å²) in [7, 11) is 0. The van der Waals surface area contributed by atoms with Crippen molar-refractivity contribution < 1.29 is 19.4 Å². The van der Waals surface area contributed by atoms with Crippen molar-refractivity contribution in [3.8, 4) is 0 Å². The Morgan fingerprint density at radius 3 is 2.43 bits per heavy atom. The summed E-state index contributed by atoms with van der Waals surface area (Å²) in [4.78, 5) is 21.5. The lowest BCUT2D eigenvalue weighted by Crippen LogP contribution is -2.21. The van der Waals surface area contributed by atoms with Crippen LogP contribution in [0.15, 0.2) is 12.2 Å². The van der Waals surface area contributed by atoms with Crippen molar-refractivity contribution in [2.75, 3.05) is 0 Å². The highest BCUT2D eigenvalue weighted by Gasteiger charge is 2.17. The number of hydrogen-bond donors (Lipinski definition) is 1. The monoisotopic (exact) mass is 200 g/mol. The van der Waals surface area contributed by atoms with Crippen molar-refractivity contribution >= 4 is 11.9 Å². The lowest BCUT2D eigenvalue weighted by molar-refractivity contribution is -0.149. The molecule has 14 heavy (non-hydrogen) atoms. The third-order valence-corrected chi connectivity index (χ3v) is 1.64. The first-order chi connectivity index (χ1) is 6.47. The molecule has 4 nitrogen and oxygen atoms in total. The zero-order valence-corrected chi connectivity index (χ0v) is 8.58. The summed E-state index contributed by atoms with van der Waals surface area (Å²) in [5.74, 6) is -1.48. The molecule has 1 atom stereocenters. The van der Waals surface area contributed by atoms with Crippen LogP contribution in [0.3, 0.4) is 0 Å². The number of carbonyl (C=O) groups is 2. The van der Waals surface area contributed by atoms with Gasteiger partial charge in [0, 0.05) is 5.57 Å². The minimum atomic E-state index is -0.960. The van der Waals surface area contributed by atoms with Gasteiger partial charge in [-0.15, -0.1) is 0 Å². The number of carboxylic acids is 1. The normalized spacial score (nSPS) is 11.9. The van der Waals surface area contributed by atoms with Gasteiger partial charge >= 0.3 is 11.9 Å². The Bertz CT molecular complexity index is 232. The number of carboxylic acid groups (broad SMARTS) is 1. The van der Waals surface area contributed by atoms with Gasteiger partial charge in [0.25, 0.3) is 0 Å². The van der Waals surface area contributed by atoms with E-state index in [0.29, 0.717) is 6.42 Å². The Morgan fingerprint density at radius 2 is 2.07 bits per heavy atom. The standard InChI is InChI=1S/C10H16O4/c1-4-5-8(6-9(11)12)14-10(13)7(2)3/h8H,2,4-6H2,1,3H3,(H,11,12). The average Bonchev–Trinajstić information content (AvgIpc) is 2.02. The van der Waals surface area contributed by atoms with Crippen molar-refractivity contribution in [3.63, 3.8) is 0 Å². The molecule has 1 unspecified atom stereocenters. The molecule has 0 saturated carbocycles. The van der Waals surface area contributed by atoms with Gasteiger partial charge in [-0.3, -0.25) is 4.79 Å². The molecule has 0 heterocycles. The van der Waals surface area contributed by atoms with Gasteiger partial charge in [-0.05, 0) is 13.3 Å². The highest BCUT2D eigenvalue weighted by molar-refractivity contribution is 5.87. The van der Waals surface area contributed by atoms with Crippen LogP contribution in [0.4, 0.5) is 0 Å². The number of carbonyl (C=O) groups excluding carboxylic acids is 1. The lowest BCUT2D eigenvalue weighted by Gasteiger charge is -2.14. The molecule has 0 radical (unpaired) electrons. The van der Waals surface area contributed by atoms with Crippen LogP contribution in [0.25, 0.3) is 0 Å². The van der Waals surface area contributed by atoms with Crippen molar-refractivity contribution in [2.45, 2.75) is 39.2 Å². The van der Waals surface area contributed by atoms with Crippen LogP contribution in [-0.2, 0) is 14.3 Å². The Hall–Kier alpha value is -1.32. The Kier molecular flexibility index (Phi) is 5.60. The fourth-order valence-corrected chi connectivity index (χ4v) is 0.971. The molecule has 0 aliphatic heterocycles. The van der Waals surface area contributed by atoms with Crippen LogP contribution in [0.1, 0.15) is 33.1 Å². The number of hydrogen-bond acceptors (Lipinski definition) is 3. The summed E-state index contributed by atoms with van der Waals surface area (Å²) in [6.45, 7) is 6.87. The van der Waals surface area contributed by atoms with Crippen molar-refractivity contribution in [1.29, 1.82) is 0 Å². The Labute approximate surface area is 83.6 Å². The number of aliphatic carboxylic acids is 1. The molecule has 1 N–H and O–H groups in total. The minimum Gasteiger partial charge on any atom is -0.481 e. The molecule has 0 aliphatic rings. The fourth-order valence-electron chi connectivity index (χ4n) is 0.971. The van der Waals surface area contributed by atoms with Crippen LogP contribution >= 0.6 is 0 Å². The second-order valence-corrected chi connectivity index (χ2v) is 3.19. The minimum absolute atomic E-state index is 0.146. The van der Waals surface area contributed by atoms with E-state index in [9.17, 15) is 9.59 Å². The van der Waals surface area contributed by atoms with E-state index in [1.54, 1.807) is 0 Å². The van der Waals surface area contributed by atoms with E-state index < -0.39 is 18.0 Å². The quantitative estimate of drug-likeness (QED) is 0.524. The predicted octanol–water partition coefficient (Wildman–Crippen LogP) is 1.75. The molecular weight excluding hydrogens is 184 g/mol. The molecule has 0 rings (SSSR count). The van der Waals surface area contributed by atoms with Gasteiger partial charge in [0.2, 0.25) is 0 Å². The first-order valence-corrected chi connectivity index (χ1v) is 4.55. The lowest BCUT2D eigenvalue weighted by atomic mass is 10.1. The third-order valence-electron chi connectivity index (χ3n) is 1.64. The smallest absolute Gasteiger partial charge is 0.333 e. The summed E-state index contributed by atoms with van der Waals surface area (Å²) in [6.07, 6.45) is 0.654. The average molecular weight is 200 g/mol. The molecule has 0 bridgehead atoms. The van der Waals surface area contributed by atoms with Gasteiger partial charge < -0.3 is 9.84 Å². The highest BCUT2D eigenvalue weighted by Crippen LogP contribution is 2.09. The topological polar surface area (TPSA) is 63.6 Å². The molecule has 4 heteroatoms. The number of ether oxygens (including phenoxy) is 1. The van der Waals surface area contributed by atoms with E-state index >= 15 is 0 Å². The summed E-state index contributed by atoms with van der Waals surface area (Å²) < 4.78 is 4.94. The molecule has 0 aromatic carbocycles. The zero-order valence-electron chi connectivity index (χ0n) is 8.58. The number of esters is 1. The second-order valence-electron chi connectivity index (χ2n) is 3.19. The maximum absolute atomic E-state index is 11.1. The van der Waals surface area contributed by atoms with Gasteiger partial charge in [-0.1, -0.05) is 19.9 Å². The van der Waals surface area contributed by atoms with E-state index in [2.05, 4.69) is 6.58 Å². The molecule has 0 fully saturated rings. The predicted molar refractivity (Wildman–Crippen MR) is 51.9 cm³/mol. The van der Waals surface area contributed by atoms with Crippen LogP contribution in [0.5, 0.6) is 0 Å². The van der Waals surface area contributed by atoms with Gasteiger partial charge in [0.1, 0.15) is 6.10 Å². The number of rotatable bonds is 6. The van der Waals surface area contributed by atoms with Crippen LogP contribution in [-0.4, -0.2) is 23.1 Å². The van der Waals surface area contributed by atoms with E-state index in [4.69, 9.17) is 9.84 Å². The third kappa shape index (κ3) is 5.35. The van der Waals surface area contributed by atoms with Crippen LogP contribution in [0, 0.1) is 0 Å². The van der Waals surface area contributed by atoms with E-state index in [1.165, 1.54) is 6.92 Å². The second kappa shape index (κ2) is 6.18. The largest absolute Gasteiger partial charge is 0.481 e. The molecule has 0 spiro atoms. The van der Waals surface area contributed by atoms with Gasteiger partial charge in [-0.2, -0.15) is 0 Å². The fraction of sp³-hybridized carbons (Fsp3) is 0.600. The molecule has 0 aromatic heterocycles. The maximum Gasteiger partial charge on any atom is 0.333 e. The van der Waals surface area contributed by atoms with Crippen molar-refractivity contribution in [3.05, 3.63) is 12.2 Å². The van der Waals surface area contributed by atoms with Crippen molar-refractivity contribution in [1.82, 2.24) is 0 Å². The van der Waals surface area contributed by atoms with Crippen LogP contribution in [0.2, 0.25) is 0 Å². The highest BCUT2D eigenvalue weighted by atomic mass is 16.5. The van der Waals surface area contributed by atoms with Gasteiger partial charge in [0.15, 0.2) is 0 Å². The van der Waals surface area contributed by atoms with Crippen molar-refractivity contribution in [2.24, 2.45) is 0 Å². The summed E-state index contributed by atoms with van der Waals surface area (Å²) in [5, 5.41) is 8.55. The zero-order chi connectivity index (χ0) is 11.1. The molecule has 0 amide bonds. The molecule has 0 saturated heterocycles. The molecule has 80 valence electrons. The van der Waals surface area contributed by atoms with E-state index in [0.717, 1.165) is 6.42 Å². The summed E-state index contributed by atoms with van der Waals surface area (Å²) >= 11 is 0. The van der Waals surface area contributed by atoms with E-state index in [-0.39, 0.29) is 12.0 Å². The van der Waals surface area contributed by atoms with Crippen LogP contribution < -0.4 is 0 Å². The summed E-state index contributed by atoms with van der Waals surface area (Å²) in [6, 6.07) is 0. The summed E-state index contributed by atoms with van der Waals surface area (Å²) in [5.41, 5.74) is 0.288. The van der Waals surface area contributed by atoms with Gasteiger partial charge in [0.05, 0.1) is 6.42 Å². The SMILES string of the molecule is C=C(C)C(=O)OC(CCC)CC(=O)O. The first kappa shape index (κ1) is 12.7. The molecule has 0 aromatic rings. The molecule has 0 aliphatic carbocycles. The van der Waals surface area contributed by atoms with Gasteiger partial charge in [-0.25, -0.2) is 4.79 Å². The maximum atomic E-state index is 11.1. The molecular formula is C10H16O4. The Balaban J connectivity index is 4.14.